The van der Waals surface area contributed by atoms with Gasteiger partial charge in [-0.15, -0.1) is 0 Å². The second-order valence-electron chi connectivity index (χ2n) is 10.8. The van der Waals surface area contributed by atoms with Crippen LogP contribution >= 0.6 is 0 Å². The molecule has 13 heteroatoms. The number of quaternary nitrogens is 1. The van der Waals surface area contributed by atoms with Crippen molar-refractivity contribution in [3.8, 4) is 23.0 Å². The Morgan fingerprint density at radius 2 is 1.41 bits per heavy atom. The topological polar surface area (TPSA) is 169 Å². The Kier molecular flexibility index (Phi) is 18.0. The van der Waals surface area contributed by atoms with Crippen LogP contribution in [0.1, 0.15) is 67.7 Å². The molecule has 0 saturated heterocycles. The van der Waals surface area contributed by atoms with Gasteiger partial charge in [0.2, 0.25) is 5.69 Å². The lowest BCUT2D eigenvalue weighted by molar-refractivity contribution is -0.830. The third-order valence-electron chi connectivity index (χ3n) is 6.76. The number of nitrogen functional groups attached to an aromatic ring is 1. The molecule has 13 nitrogen and oxygen atoms in total. The van der Waals surface area contributed by atoms with Gasteiger partial charge in [-0.3, -0.25) is 10.1 Å². The van der Waals surface area contributed by atoms with Crippen molar-refractivity contribution >= 4 is 34.7 Å². The molecule has 0 aliphatic carbocycles. The highest BCUT2D eigenvalue weighted by molar-refractivity contribution is 5.95. The minimum atomic E-state index is -0.721. The van der Waals surface area contributed by atoms with Crippen LogP contribution in [0.15, 0.2) is 84.9 Å². The number of hydrogen-bond acceptors (Lipinski definition) is 11. The van der Waals surface area contributed by atoms with E-state index >= 15 is 0 Å². The zero-order chi connectivity index (χ0) is 37.8. The quantitative estimate of drug-likeness (QED) is 0.0323. The van der Waals surface area contributed by atoms with E-state index in [0.29, 0.717) is 24.3 Å². The predicted octanol–water partition coefficient (Wildman–Crippen LogP) is 7.12. The molecule has 0 amide bonds. The summed E-state index contributed by atoms with van der Waals surface area (Å²) in [7, 11) is 5.69. The smallest absolute Gasteiger partial charge is 0.347 e. The molecule has 0 unspecified atom stereocenters. The van der Waals surface area contributed by atoms with Crippen molar-refractivity contribution in [3.63, 3.8) is 0 Å². The molecule has 0 aromatic heterocycles. The van der Waals surface area contributed by atoms with Gasteiger partial charge < -0.3 is 29.6 Å². The highest BCUT2D eigenvalue weighted by Crippen LogP contribution is 2.29. The molecule has 0 aliphatic rings. The Morgan fingerprint density at radius 3 is 2.00 bits per heavy atom. The summed E-state index contributed by atoms with van der Waals surface area (Å²) in [6.07, 6.45) is 2.89. The lowest BCUT2D eigenvalue weighted by Crippen LogP contribution is -2.76. The van der Waals surface area contributed by atoms with Crippen LogP contribution in [0, 0.1) is 10.1 Å². The van der Waals surface area contributed by atoms with E-state index < -0.39 is 16.9 Å². The van der Waals surface area contributed by atoms with E-state index in [1.54, 1.807) is 36.9 Å². The number of anilines is 2. The van der Waals surface area contributed by atoms with Crippen LogP contribution in [0.25, 0.3) is 0 Å². The van der Waals surface area contributed by atoms with Gasteiger partial charge in [-0.25, -0.2) is 14.4 Å². The average Bonchev–Trinajstić information content (AvgIpc) is 3.13. The number of carbonyl (C=O) groups excluding carboxylic acids is 2. The largest absolute Gasteiger partial charge is 0.493 e. The molecule has 0 aliphatic heterocycles. The summed E-state index contributed by atoms with van der Waals surface area (Å²) in [6, 6.07) is 21.8. The molecule has 4 aromatic carbocycles. The highest BCUT2D eigenvalue weighted by atomic mass is 16.6. The Balaban J connectivity index is 0.000000400. The SMILES string of the molecule is CC.CCCCOc1cc(N(C)C)ccc1[NH2+]OC.CCCOc1cc(OC(=O)c2ccc(N)cc2)ccc1C(=O)Oc1ccc([N+](=O)[O-])cc1. The molecule has 0 atom stereocenters. The molecule has 0 radical (unpaired) electrons. The van der Waals surface area contributed by atoms with Gasteiger partial charge in [0.05, 0.1) is 30.8 Å². The summed E-state index contributed by atoms with van der Waals surface area (Å²) >= 11 is 0. The average molecular weight is 706 g/mol. The number of hydrogen-bond donors (Lipinski definition) is 2. The lowest BCUT2D eigenvalue weighted by atomic mass is 10.2. The fraction of sp³-hybridized carbons (Fsp3) is 0.316. The van der Waals surface area contributed by atoms with E-state index in [2.05, 4.69) is 17.9 Å². The van der Waals surface area contributed by atoms with Gasteiger partial charge in [0.1, 0.15) is 22.8 Å². The highest BCUT2D eigenvalue weighted by Gasteiger charge is 2.19. The van der Waals surface area contributed by atoms with Gasteiger partial charge in [0.15, 0.2) is 5.75 Å². The van der Waals surface area contributed by atoms with Crippen LogP contribution in [0.3, 0.4) is 0 Å². The number of benzene rings is 4. The first-order valence-corrected chi connectivity index (χ1v) is 16.7. The molecule has 0 heterocycles. The van der Waals surface area contributed by atoms with Crippen molar-refractivity contribution < 1.29 is 43.8 Å². The Morgan fingerprint density at radius 1 is 0.784 bits per heavy atom. The Bertz CT molecular complexity index is 1680. The van der Waals surface area contributed by atoms with E-state index in [1.807, 2.05) is 47.0 Å². The number of nitro groups is 1. The maximum atomic E-state index is 12.6. The second-order valence-corrected chi connectivity index (χ2v) is 10.8. The molecular weight excluding hydrogens is 656 g/mol. The Hall–Kier alpha value is -5.66. The monoisotopic (exact) mass is 705 g/mol. The summed E-state index contributed by atoms with van der Waals surface area (Å²) in [5.41, 5.74) is 10.3. The zero-order valence-corrected chi connectivity index (χ0v) is 30.3. The molecule has 51 heavy (non-hydrogen) atoms. The predicted molar refractivity (Wildman–Crippen MR) is 197 cm³/mol. The second kappa shape index (κ2) is 22.1. The summed E-state index contributed by atoms with van der Waals surface area (Å²) in [5.74, 6) is 0.0765. The van der Waals surface area contributed by atoms with E-state index in [0.717, 1.165) is 36.6 Å². The molecule has 4 N–H and O–H groups in total. The number of esters is 2. The van der Waals surface area contributed by atoms with Crippen molar-refractivity contribution in [2.75, 3.05) is 45.1 Å². The molecule has 4 aromatic rings. The van der Waals surface area contributed by atoms with E-state index in [-0.39, 0.29) is 28.5 Å². The molecule has 0 bridgehead atoms. The van der Waals surface area contributed by atoms with E-state index in [9.17, 15) is 19.7 Å². The summed E-state index contributed by atoms with van der Waals surface area (Å²) < 4.78 is 22.1. The van der Waals surface area contributed by atoms with Gasteiger partial charge in [0.25, 0.3) is 5.69 Å². The van der Waals surface area contributed by atoms with Crippen LogP contribution in [0.4, 0.5) is 22.7 Å². The normalized spacial score (nSPS) is 10.0. The fourth-order valence-corrected chi connectivity index (χ4v) is 4.13. The van der Waals surface area contributed by atoms with Gasteiger partial charge >= 0.3 is 11.9 Å². The minimum absolute atomic E-state index is 0.115. The molecule has 0 saturated carbocycles. The number of nitro benzene ring substituents is 1. The van der Waals surface area contributed by atoms with Crippen LogP contribution in [0.5, 0.6) is 23.0 Å². The maximum Gasteiger partial charge on any atom is 0.347 e. The number of carbonyl (C=O) groups is 2. The number of rotatable bonds is 15. The number of non-ortho nitro benzene ring substituents is 1. The van der Waals surface area contributed by atoms with E-state index in [1.165, 1.54) is 42.5 Å². The number of ether oxygens (including phenoxy) is 4. The standard InChI is InChI=1S/C23H20N2O7.C13H22N2O2.C2H6/c1-2-13-30-21-14-19(32-22(26)15-3-5-16(24)6-4-15)11-12-20(21)23(27)31-18-9-7-17(8-10-18)25(28)29;1-5-6-9-17-13-10-11(15(2)3)7-8-12(13)14-16-4;1-2/h3-12,14H,2,13,24H2,1H3;7-8,10,14H,5-6,9H2,1-4H3;1-2H3/p+1. The van der Waals surface area contributed by atoms with Crippen LogP contribution < -0.4 is 35.1 Å². The Labute approximate surface area is 299 Å². The fourth-order valence-electron chi connectivity index (χ4n) is 4.13. The summed E-state index contributed by atoms with van der Waals surface area (Å²) in [6.45, 7) is 9.13. The van der Waals surface area contributed by atoms with Gasteiger partial charge in [-0.1, -0.05) is 34.1 Å². The first-order valence-electron chi connectivity index (χ1n) is 16.7. The van der Waals surface area contributed by atoms with E-state index in [4.69, 9.17) is 29.5 Å². The summed E-state index contributed by atoms with van der Waals surface area (Å²) in [4.78, 5) is 42.3. The molecular formula is C38H49N4O9+. The first kappa shape index (κ1) is 41.5. The summed E-state index contributed by atoms with van der Waals surface area (Å²) in [5, 5.41) is 10.8. The van der Waals surface area contributed by atoms with Gasteiger partial charge in [-0.2, -0.15) is 5.48 Å². The van der Waals surface area contributed by atoms with Crippen molar-refractivity contribution in [1.29, 1.82) is 0 Å². The molecule has 0 spiro atoms. The van der Waals surface area contributed by atoms with Crippen LogP contribution in [-0.4, -0.2) is 51.3 Å². The molecule has 4 rings (SSSR count). The minimum Gasteiger partial charge on any atom is -0.493 e. The number of nitrogens with zero attached hydrogens (tertiary/aromatic N) is 2. The van der Waals surface area contributed by atoms with Gasteiger partial charge in [0, 0.05) is 55.8 Å². The van der Waals surface area contributed by atoms with Crippen molar-refractivity contribution in [1.82, 2.24) is 0 Å². The first-order chi connectivity index (χ1) is 24.6. The third-order valence-corrected chi connectivity index (χ3v) is 6.76. The van der Waals surface area contributed by atoms with Crippen molar-refractivity contribution in [2.24, 2.45) is 0 Å². The van der Waals surface area contributed by atoms with Crippen molar-refractivity contribution in [3.05, 3.63) is 106 Å². The van der Waals surface area contributed by atoms with Crippen molar-refractivity contribution in [2.45, 2.75) is 47.0 Å². The van der Waals surface area contributed by atoms with Crippen LogP contribution in [0.2, 0.25) is 0 Å². The lowest BCUT2D eigenvalue weighted by Gasteiger charge is -2.15. The molecule has 274 valence electrons. The maximum absolute atomic E-state index is 12.6. The third kappa shape index (κ3) is 13.6. The zero-order valence-electron chi connectivity index (χ0n) is 30.3. The van der Waals surface area contributed by atoms with Gasteiger partial charge in [-0.05, 0) is 67.4 Å². The number of nitrogens with two attached hydrogens (primary N) is 2. The molecule has 0 fully saturated rings. The van der Waals surface area contributed by atoms with Crippen LogP contribution in [-0.2, 0) is 4.84 Å². The number of unbranched alkanes of at least 4 members (excludes halogenated alkanes) is 1.